The molecule has 3 aromatic rings. The van der Waals surface area contributed by atoms with Crippen molar-refractivity contribution in [3.63, 3.8) is 0 Å². The van der Waals surface area contributed by atoms with Crippen LogP contribution in [0.25, 0.3) is 10.2 Å². The molecule has 0 bridgehead atoms. The van der Waals surface area contributed by atoms with Crippen LogP contribution < -0.4 is 5.73 Å². The molecular weight excluding hydrogens is 452 g/mol. The summed E-state index contributed by atoms with van der Waals surface area (Å²) in [6, 6.07) is 4.85. The van der Waals surface area contributed by atoms with E-state index in [2.05, 4.69) is 9.88 Å². The molecule has 1 unspecified atom stereocenters. The molecule has 2 N–H and O–H groups in total. The lowest BCUT2D eigenvalue weighted by atomic mass is 10.2. The molecule has 0 spiro atoms. The van der Waals surface area contributed by atoms with Crippen molar-refractivity contribution in [3.05, 3.63) is 50.6 Å². The molecule has 1 saturated heterocycles. The van der Waals surface area contributed by atoms with Gasteiger partial charge in [-0.05, 0) is 38.5 Å². The second-order valence-electron chi connectivity index (χ2n) is 7.80. The van der Waals surface area contributed by atoms with Crippen LogP contribution in [-0.2, 0) is 10.0 Å². The summed E-state index contributed by atoms with van der Waals surface area (Å²) in [5.41, 5.74) is 7.18. The van der Waals surface area contributed by atoms with Crippen LogP contribution in [0, 0.1) is 24.0 Å². The number of hydrogen-bond acceptors (Lipinski definition) is 9. The van der Waals surface area contributed by atoms with Crippen molar-refractivity contribution < 1.29 is 13.3 Å². The highest BCUT2D eigenvalue weighted by Gasteiger charge is 2.31. The van der Waals surface area contributed by atoms with Gasteiger partial charge in [-0.15, -0.1) is 11.3 Å². The molecule has 0 aliphatic carbocycles. The number of sulfonamides is 1. The van der Waals surface area contributed by atoms with Crippen LogP contribution in [0.15, 0.2) is 29.2 Å². The van der Waals surface area contributed by atoms with Crippen LogP contribution >= 0.6 is 11.3 Å². The average Bonchev–Trinajstić information content (AvgIpc) is 3.07. The van der Waals surface area contributed by atoms with Crippen molar-refractivity contribution in [2.75, 3.05) is 31.9 Å². The van der Waals surface area contributed by atoms with E-state index < -0.39 is 14.9 Å². The van der Waals surface area contributed by atoms with Crippen LogP contribution in [0.1, 0.15) is 29.2 Å². The molecule has 2 aromatic heterocycles. The summed E-state index contributed by atoms with van der Waals surface area (Å²) in [6.07, 6.45) is 0. The zero-order valence-electron chi connectivity index (χ0n) is 18.0. The number of nitro groups is 1. The Bertz CT molecular complexity index is 1280. The summed E-state index contributed by atoms with van der Waals surface area (Å²) in [7, 11) is -3.72. The van der Waals surface area contributed by atoms with Crippen molar-refractivity contribution in [1.82, 2.24) is 19.2 Å². The summed E-state index contributed by atoms with van der Waals surface area (Å²) in [5, 5.41) is 11.7. The van der Waals surface area contributed by atoms with E-state index >= 15 is 0 Å². The molecular formula is C20H24N6O4S2. The molecule has 1 aliphatic heterocycles. The van der Waals surface area contributed by atoms with Gasteiger partial charge in [-0.1, -0.05) is 0 Å². The van der Waals surface area contributed by atoms with Gasteiger partial charge >= 0.3 is 0 Å². The van der Waals surface area contributed by atoms with Gasteiger partial charge in [0.1, 0.15) is 16.5 Å². The fourth-order valence-corrected chi connectivity index (χ4v) is 6.33. The molecule has 170 valence electrons. The van der Waals surface area contributed by atoms with Crippen molar-refractivity contribution in [1.29, 1.82) is 0 Å². The minimum Gasteiger partial charge on any atom is -0.383 e. The van der Waals surface area contributed by atoms with E-state index in [-0.39, 0.29) is 16.6 Å². The number of aryl methyl sites for hydroxylation is 2. The Balaban J connectivity index is 1.48. The summed E-state index contributed by atoms with van der Waals surface area (Å²) >= 11 is 1.60. The first-order valence-electron chi connectivity index (χ1n) is 10.1. The Morgan fingerprint density at radius 3 is 2.34 bits per heavy atom. The second-order valence-corrected chi connectivity index (χ2v) is 10.9. The van der Waals surface area contributed by atoms with Gasteiger partial charge in [-0.2, -0.15) is 4.31 Å². The summed E-state index contributed by atoms with van der Waals surface area (Å²) in [4.78, 5) is 23.7. The van der Waals surface area contributed by atoms with Crippen LogP contribution in [0.5, 0.6) is 0 Å². The van der Waals surface area contributed by atoms with Crippen LogP contribution in [0.2, 0.25) is 0 Å². The van der Waals surface area contributed by atoms with Gasteiger partial charge in [0.2, 0.25) is 10.0 Å². The molecule has 32 heavy (non-hydrogen) atoms. The highest BCUT2D eigenvalue weighted by Crippen LogP contribution is 2.33. The smallest absolute Gasteiger partial charge is 0.269 e. The lowest BCUT2D eigenvalue weighted by Gasteiger charge is -2.36. The molecule has 0 amide bonds. The summed E-state index contributed by atoms with van der Waals surface area (Å²) < 4.78 is 27.3. The van der Waals surface area contributed by atoms with Gasteiger partial charge in [-0.3, -0.25) is 15.0 Å². The largest absolute Gasteiger partial charge is 0.383 e. The number of nitrogens with zero attached hydrogens (tertiary/aromatic N) is 5. The maximum absolute atomic E-state index is 12.9. The number of benzene rings is 1. The summed E-state index contributed by atoms with van der Waals surface area (Å²) in [6.45, 7) is 7.68. The fourth-order valence-electron chi connectivity index (χ4n) is 3.87. The minimum atomic E-state index is -3.72. The van der Waals surface area contributed by atoms with Gasteiger partial charge in [-0.25, -0.2) is 18.4 Å². The Kier molecular flexibility index (Phi) is 5.88. The van der Waals surface area contributed by atoms with Crippen LogP contribution in [-0.4, -0.2) is 58.7 Å². The Morgan fingerprint density at radius 2 is 1.75 bits per heavy atom. The van der Waals surface area contributed by atoms with Crippen molar-refractivity contribution in [2.45, 2.75) is 31.7 Å². The molecule has 4 rings (SSSR count). The van der Waals surface area contributed by atoms with Crippen molar-refractivity contribution >= 4 is 43.1 Å². The third-order valence-corrected chi connectivity index (χ3v) is 8.97. The standard InChI is InChI=1S/C20H24N6O4S2/c1-12-14(3)31-20-17(12)18(21)22-19(23-20)13(2)24-8-10-25(11-9-24)32(29,30)16-6-4-15(5-7-16)26(27)28/h4-7,13H,8-11H2,1-3H3,(H2,21,22,23). The number of nitrogen functional groups attached to an aromatic ring is 1. The first kappa shape index (κ1) is 22.5. The number of nitrogens with two attached hydrogens (primary N) is 1. The molecule has 10 nitrogen and oxygen atoms in total. The molecule has 1 aromatic carbocycles. The van der Waals surface area contributed by atoms with E-state index in [4.69, 9.17) is 10.7 Å². The number of nitro benzene ring substituents is 1. The third-order valence-electron chi connectivity index (χ3n) is 5.95. The van der Waals surface area contributed by atoms with Crippen molar-refractivity contribution in [2.24, 2.45) is 0 Å². The monoisotopic (exact) mass is 476 g/mol. The van der Waals surface area contributed by atoms with Gasteiger partial charge in [0.25, 0.3) is 5.69 Å². The first-order valence-corrected chi connectivity index (χ1v) is 12.4. The number of hydrogen-bond donors (Lipinski definition) is 1. The molecule has 0 saturated carbocycles. The van der Waals surface area contributed by atoms with E-state index in [1.807, 2.05) is 20.8 Å². The molecule has 12 heteroatoms. The normalized spacial score (nSPS) is 17.0. The predicted octanol–water partition coefficient (Wildman–Crippen LogP) is 2.87. The quantitative estimate of drug-likeness (QED) is 0.439. The average molecular weight is 477 g/mol. The SMILES string of the molecule is Cc1sc2nc(C(C)N3CCN(S(=O)(=O)c4ccc([N+](=O)[O-])cc4)CC3)nc(N)c2c1C. The zero-order valence-corrected chi connectivity index (χ0v) is 19.6. The number of anilines is 1. The van der Waals surface area contributed by atoms with E-state index in [9.17, 15) is 18.5 Å². The lowest BCUT2D eigenvalue weighted by Crippen LogP contribution is -2.49. The van der Waals surface area contributed by atoms with Crippen LogP contribution in [0.4, 0.5) is 11.5 Å². The Labute approximate surface area is 189 Å². The Morgan fingerprint density at radius 1 is 1.12 bits per heavy atom. The number of piperazine rings is 1. The minimum absolute atomic E-state index is 0.0505. The fraction of sp³-hybridized carbons (Fsp3) is 0.400. The summed E-state index contributed by atoms with van der Waals surface area (Å²) in [5.74, 6) is 1.10. The molecule has 1 atom stereocenters. The van der Waals surface area contributed by atoms with Crippen LogP contribution in [0.3, 0.4) is 0 Å². The van der Waals surface area contributed by atoms with E-state index in [1.54, 1.807) is 11.3 Å². The zero-order chi connectivity index (χ0) is 23.2. The Hall–Kier alpha value is -2.67. The second kappa shape index (κ2) is 8.35. The van der Waals surface area contributed by atoms with Gasteiger partial charge in [0.15, 0.2) is 0 Å². The van der Waals surface area contributed by atoms with Gasteiger partial charge in [0, 0.05) is 43.2 Å². The van der Waals surface area contributed by atoms with E-state index in [0.29, 0.717) is 37.8 Å². The van der Waals surface area contributed by atoms with Gasteiger partial charge in [0.05, 0.1) is 21.2 Å². The number of thiophene rings is 1. The van der Waals surface area contributed by atoms with Gasteiger partial charge < -0.3 is 5.73 Å². The maximum Gasteiger partial charge on any atom is 0.269 e. The molecule has 1 aliphatic rings. The number of non-ortho nitro benzene ring substituents is 1. The first-order chi connectivity index (χ1) is 15.1. The van der Waals surface area contributed by atoms with E-state index in [1.165, 1.54) is 28.6 Å². The molecule has 1 fully saturated rings. The maximum atomic E-state index is 12.9. The topological polar surface area (TPSA) is 136 Å². The number of rotatable bonds is 5. The predicted molar refractivity (Wildman–Crippen MR) is 123 cm³/mol. The number of fused-ring (bicyclic) bond motifs is 1. The molecule has 3 heterocycles. The van der Waals surface area contributed by atoms with Crippen molar-refractivity contribution in [3.8, 4) is 0 Å². The highest BCUT2D eigenvalue weighted by molar-refractivity contribution is 7.89. The molecule has 0 radical (unpaired) electrons. The lowest BCUT2D eigenvalue weighted by molar-refractivity contribution is -0.384. The highest BCUT2D eigenvalue weighted by atomic mass is 32.2. The number of aromatic nitrogens is 2. The van der Waals surface area contributed by atoms with E-state index in [0.717, 1.165) is 20.7 Å². The third kappa shape index (κ3) is 3.94.